The summed E-state index contributed by atoms with van der Waals surface area (Å²) >= 11 is 1.51. The van der Waals surface area contributed by atoms with Crippen molar-refractivity contribution in [3.63, 3.8) is 0 Å². The summed E-state index contributed by atoms with van der Waals surface area (Å²) in [6, 6.07) is 18.9. The van der Waals surface area contributed by atoms with Crippen LogP contribution < -0.4 is 4.90 Å². The molecule has 3 aromatic rings. The Hall–Kier alpha value is -2.90. The molecule has 0 saturated carbocycles. The summed E-state index contributed by atoms with van der Waals surface area (Å²) in [5, 5.41) is 12.4. The van der Waals surface area contributed by atoms with Crippen molar-refractivity contribution in [1.29, 1.82) is 5.26 Å². The van der Waals surface area contributed by atoms with Crippen LogP contribution in [-0.2, 0) is 0 Å². The van der Waals surface area contributed by atoms with Crippen LogP contribution in [0.4, 0.5) is 5.69 Å². The van der Waals surface area contributed by atoms with Crippen molar-refractivity contribution < 1.29 is 0 Å². The van der Waals surface area contributed by atoms with Crippen molar-refractivity contribution >= 4 is 28.7 Å². The van der Waals surface area contributed by atoms with Crippen LogP contribution in [-0.4, -0.2) is 18.1 Å². The molecule has 0 saturated heterocycles. The molecule has 136 valence electrons. The van der Waals surface area contributed by atoms with Gasteiger partial charge in [-0.15, -0.1) is 11.3 Å². The minimum absolute atomic E-state index is 0.592. The van der Waals surface area contributed by atoms with E-state index in [4.69, 9.17) is 0 Å². The third-order valence-corrected chi connectivity index (χ3v) is 5.41. The summed E-state index contributed by atoms with van der Waals surface area (Å²) in [4.78, 5) is 6.97. The van der Waals surface area contributed by atoms with E-state index in [2.05, 4.69) is 85.3 Å². The van der Waals surface area contributed by atoms with Crippen LogP contribution in [0.15, 0.2) is 53.9 Å². The monoisotopic (exact) mass is 373 g/mol. The lowest BCUT2D eigenvalue weighted by atomic mass is 10.1. The molecular weight excluding hydrogens is 350 g/mol. The summed E-state index contributed by atoms with van der Waals surface area (Å²) in [6.45, 7) is 8.34. The van der Waals surface area contributed by atoms with E-state index in [1.807, 2.05) is 11.5 Å². The fourth-order valence-electron chi connectivity index (χ4n) is 2.93. The molecule has 0 radical (unpaired) electrons. The van der Waals surface area contributed by atoms with E-state index in [0.717, 1.165) is 34.9 Å². The first-order valence-electron chi connectivity index (χ1n) is 9.14. The molecule has 0 spiro atoms. The first-order valence-corrected chi connectivity index (χ1v) is 10.0. The van der Waals surface area contributed by atoms with E-state index in [9.17, 15) is 5.26 Å². The minimum atomic E-state index is 0.592. The number of thiazole rings is 1. The molecule has 0 N–H and O–H groups in total. The molecule has 0 aliphatic carbocycles. The fraction of sp³-hybridized carbons (Fsp3) is 0.217. The van der Waals surface area contributed by atoms with E-state index >= 15 is 0 Å². The van der Waals surface area contributed by atoms with Gasteiger partial charge in [-0.2, -0.15) is 5.26 Å². The lowest BCUT2D eigenvalue weighted by Crippen LogP contribution is -2.21. The van der Waals surface area contributed by atoms with Gasteiger partial charge in [0.25, 0.3) is 0 Å². The van der Waals surface area contributed by atoms with Gasteiger partial charge in [-0.1, -0.05) is 42.0 Å². The number of hydrogen-bond donors (Lipinski definition) is 0. The van der Waals surface area contributed by atoms with Crippen molar-refractivity contribution in [2.75, 3.05) is 18.0 Å². The normalized spacial score (nSPS) is 11.3. The third kappa shape index (κ3) is 4.45. The highest BCUT2D eigenvalue weighted by molar-refractivity contribution is 7.11. The van der Waals surface area contributed by atoms with Crippen molar-refractivity contribution in [2.45, 2.75) is 20.8 Å². The molecule has 0 aliphatic rings. The number of hydrogen-bond acceptors (Lipinski definition) is 4. The molecule has 4 heteroatoms. The number of anilines is 1. The predicted octanol–water partition coefficient (Wildman–Crippen LogP) is 6.03. The van der Waals surface area contributed by atoms with Gasteiger partial charge in [0.2, 0.25) is 0 Å². The molecule has 0 atom stereocenters. The molecule has 0 bridgehead atoms. The van der Waals surface area contributed by atoms with E-state index in [-0.39, 0.29) is 0 Å². The van der Waals surface area contributed by atoms with Crippen LogP contribution in [0.3, 0.4) is 0 Å². The average molecular weight is 374 g/mol. The van der Waals surface area contributed by atoms with E-state index in [0.29, 0.717) is 5.57 Å². The van der Waals surface area contributed by atoms with E-state index in [1.54, 1.807) is 0 Å². The average Bonchev–Trinajstić information content (AvgIpc) is 3.18. The molecule has 1 heterocycles. The Bertz CT molecular complexity index is 956. The van der Waals surface area contributed by atoms with Crippen molar-refractivity contribution in [3.8, 4) is 17.3 Å². The molecule has 0 fully saturated rings. The topological polar surface area (TPSA) is 39.9 Å². The standard InChI is InChI=1S/C23H23N3S/c1-4-26(5-2)21-12-8-18(9-13-21)14-20(15-24)23-25-22(16-27-23)19-10-6-17(3)7-11-19/h6-14,16H,4-5H2,1-3H3/b20-14+. The van der Waals surface area contributed by atoms with Gasteiger partial charge in [-0.25, -0.2) is 4.98 Å². The predicted molar refractivity (Wildman–Crippen MR) is 116 cm³/mol. The Kier molecular flexibility index (Phi) is 6.05. The summed E-state index contributed by atoms with van der Waals surface area (Å²) in [6.07, 6.45) is 1.91. The largest absolute Gasteiger partial charge is 0.372 e. The summed E-state index contributed by atoms with van der Waals surface area (Å²) in [5.74, 6) is 0. The maximum atomic E-state index is 9.62. The Morgan fingerprint density at radius 3 is 2.33 bits per heavy atom. The van der Waals surface area contributed by atoms with E-state index in [1.165, 1.54) is 22.6 Å². The Morgan fingerprint density at radius 2 is 1.74 bits per heavy atom. The van der Waals surface area contributed by atoms with Gasteiger partial charge >= 0.3 is 0 Å². The highest BCUT2D eigenvalue weighted by Gasteiger charge is 2.09. The highest BCUT2D eigenvalue weighted by Crippen LogP contribution is 2.27. The SMILES string of the molecule is CCN(CC)c1ccc(/C=C(\C#N)c2nc(-c3ccc(C)cc3)cs2)cc1. The Labute approximate surface area is 165 Å². The molecule has 3 rings (SSSR count). The maximum Gasteiger partial charge on any atom is 0.134 e. The van der Waals surface area contributed by atoms with E-state index < -0.39 is 0 Å². The Morgan fingerprint density at radius 1 is 1.07 bits per heavy atom. The highest BCUT2D eigenvalue weighted by atomic mass is 32.1. The van der Waals surface area contributed by atoms with Gasteiger partial charge < -0.3 is 4.90 Å². The lowest BCUT2D eigenvalue weighted by molar-refractivity contribution is 0.866. The second-order valence-corrected chi connectivity index (χ2v) is 7.20. The molecule has 1 aromatic heterocycles. The van der Waals surface area contributed by atoms with Gasteiger partial charge in [0, 0.05) is 29.7 Å². The van der Waals surface area contributed by atoms with Crippen molar-refractivity contribution in [1.82, 2.24) is 4.98 Å². The van der Waals surface area contributed by atoms with Crippen LogP contribution in [0.25, 0.3) is 22.9 Å². The fourth-order valence-corrected chi connectivity index (χ4v) is 3.73. The smallest absolute Gasteiger partial charge is 0.134 e. The minimum Gasteiger partial charge on any atom is -0.372 e. The molecule has 2 aromatic carbocycles. The second kappa shape index (κ2) is 8.66. The van der Waals surface area contributed by atoms with Crippen LogP contribution in [0.5, 0.6) is 0 Å². The molecule has 0 aliphatic heterocycles. The van der Waals surface area contributed by atoms with Crippen LogP contribution >= 0.6 is 11.3 Å². The summed E-state index contributed by atoms with van der Waals surface area (Å²) < 4.78 is 0. The van der Waals surface area contributed by atoms with Gasteiger partial charge in [0.05, 0.1) is 11.3 Å². The summed E-state index contributed by atoms with van der Waals surface area (Å²) in [5.41, 5.74) is 6.01. The molecule has 0 amide bonds. The zero-order chi connectivity index (χ0) is 19.2. The van der Waals surface area contributed by atoms with Crippen molar-refractivity contribution in [3.05, 3.63) is 70.0 Å². The molecular formula is C23H23N3S. The van der Waals surface area contributed by atoms with Crippen molar-refractivity contribution in [2.24, 2.45) is 0 Å². The number of nitriles is 1. The zero-order valence-corrected chi connectivity index (χ0v) is 16.8. The van der Waals surface area contributed by atoms with Gasteiger partial charge in [0.15, 0.2) is 0 Å². The number of benzene rings is 2. The quantitative estimate of drug-likeness (QED) is 0.495. The van der Waals surface area contributed by atoms with Crippen LogP contribution in [0.2, 0.25) is 0 Å². The second-order valence-electron chi connectivity index (χ2n) is 6.34. The number of rotatable bonds is 6. The van der Waals surface area contributed by atoms with Gasteiger partial charge in [0.1, 0.15) is 11.1 Å². The van der Waals surface area contributed by atoms with Gasteiger partial charge in [-0.05, 0) is 44.5 Å². The molecule has 3 nitrogen and oxygen atoms in total. The Balaban J connectivity index is 1.85. The number of allylic oxidation sites excluding steroid dienone is 1. The summed E-state index contributed by atoms with van der Waals surface area (Å²) in [7, 11) is 0. The first kappa shape index (κ1) is 18.9. The number of nitrogens with zero attached hydrogens (tertiary/aromatic N) is 3. The molecule has 0 unspecified atom stereocenters. The van der Waals surface area contributed by atoms with Crippen LogP contribution in [0, 0.1) is 18.3 Å². The lowest BCUT2D eigenvalue weighted by Gasteiger charge is -2.20. The molecule has 27 heavy (non-hydrogen) atoms. The number of aryl methyl sites for hydroxylation is 1. The zero-order valence-electron chi connectivity index (χ0n) is 15.9. The van der Waals surface area contributed by atoms with Gasteiger partial charge in [-0.3, -0.25) is 0 Å². The third-order valence-electron chi connectivity index (χ3n) is 4.54. The first-order chi connectivity index (χ1) is 13.1. The maximum absolute atomic E-state index is 9.62. The van der Waals surface area contributed by atoms with Crippen LogP contribution in [0.1, 0.15) is 30.0 Å². The number of aromatic nitrogens is 1.